The second kappa shape index (κ2) is 33.8. The highest BCUT2D eigenvalue weighted by Gasteiger charge is 2.24. The van der Waals surface area contributed by atoms with Crippen molar-refractivity contribution in [2.45, 2.75) is 53.4 Å². The average molecular weight is 1470 g/mol. The molecule has 0 unspecified atom stereocenters. The highest BCUT2D eigenvalue weighted by Crippen LogP contribution is 2.50. The average Bonchev–Trinajstić information content (AvgIpc) is 0.777. The summed E-state index contributed by atoms with van der Waals surface area (Å²) >= 11 is 0. The number of phenolic OH excluding ortho intramolecular Hbond substituents is 2. The highest BCUT2D eigenvalue weighted by atomic mass is 16.5. The minimum Gasteiger partial charge on any atom is -0.507 e. The molecule has 112 heavy (non-hydrogen) atoms. The van der Waals surface area contributed by atoms with Gasteiger partial charge in [-0.3, -0.25) is 0 Å². The molecule has 0 fully saturated rings. The number of hydrogen-bond acceptors (Lipinski definition) is 8. The summed E-state index contributed by atoms with van der Waals surface area (Å²) in [7, 11) is 7.85. The molecule has 8 nitrogen and oxygen atoms in total. The van der Waals surface area contributed by atoms with Crippen LogP contribution in [0.15, 0.2) is 315 Å². The summed E-state index contributed by atoms with van der Waals surface area (Å²) in [5.41, 5.74) is 25.5. The molecule has 16 rings (SSSR count). The fourth-order valence-electron chi connectivity index (χ4n) is 16.5. The molecule has 0 aliphatic carbocycles. The maximum absolute atomic E-state index is 11.9. The van der Waals surface area contributed by atoms with Gasteiger partial charge in [0.05, 0.1) is 14.2 Å². The van der Waals surface area contributed by atoms with E-state index in [-0.39, 0.29) is 0 Å². The summed E-state index contributed by atoms with van der Waals surface area (Å²) in [5.74, 6) is 2.38. The van der Waals surface area contributed by atoms with Gasteiger partial charge in [-0.2, -0.15) is 0 Å². The van der Waals surface area contributed by atoms with Crippen molar-refractivity contribution < 1.29 is 19.7 Å². The molecule has 16 aromatic rings. The van der Waals surface area contributed by atoms with Gasteiger partial charge < -0.3 is 40.1 Å². The molecule has 4 N–H and O–H groups in total. The lowest BCUT2D eigenvalue weighted by molar-refractivity contribution is 0.418. The molecule has 0 aromatic heterocycles. The van der Waals surface area contributed by atoms with Crippen LogP contribution in [0.4, 0.5) is 22.7 Å². The van der Waals surface area contributed by atoms with Crippen LogP contribution in [0.1, 0.15) is 47.9 Å². The molecule has 0 amide bonds. The minimum atomic E-state index is 0.303. The van der Waals surface area contributed by atoms with Gasteiger partial charge in [-0.15, -0.1) is 0 Å². The van der Waals surface area contributed by atoms with Gasteiger partial charge in [0.15, 0.2) is 0 Å². The molecule has 556 valence electrons. The van der Waals surface area contributed by atoms with Gasteiger partial charge in [0.2, 0.25) is 0 Å². The van der Waals surface area contributed by atoms with E-state index in [1.165, 1.54) is 43.8 Å². The zero-order valence-corrected chi connectivity index (χ0v) is 65.3. The summed E-state index contributed by atoms with van der Waals surface area (Å²) in [6, 6.07) is 111. The summed E-state index contributed by atoms with van der Waals surface area (Å²) in [4.78, 5) is 4.62. The number of hydrogen-bond donors (Lipinski definition) is 4. The molecule has 8 heteroatoms. The lowest BCUT2D eigenvalue weighted by atomic mass is 9.91. The van der Waals surface area contributed by atoms with Crippen molar-refractivity contribution in [1.82, 2.24) is 0 Å². The van der Waals surface area contributed by atoms with Gasteiger partial charge in [-0.1, -0.05) is 243 Å². The van der Waals surface area contributed by atoms with Crippen LogP contribution >= 0.6 is 0 Å². The minimum absolute atomic E-state index is 0.303. The Hall–Kier alpha value is -13.0. The monoisotopic (exact) mass is 1460 g/mol. The standard InChI is InChI=1S/2C52H48N2O2/c1-35-31-45(41-25-15-19-37-17-5-7-21-39(37)41)51(55-3)47(33-35)43-23-9-11-27-49(43)53-29-13-14-30-54-50-28-12-10-24-44(50)48-34-36(2)32-46(52(48)56-4)42-26-16-20-38-18-6-8-22-40(38)42;1-35-31-45(41-25-15-19-37-17-5-7-21-39(37)41)51(55)47(33-35)43-23-9-11-27-49(43)53(3)29-13-14-30-54(4)50-28-12-10-24-44(50)48-34-36(2)32-46(52(48)56)42-26-16-20-38-18-6-8-22-40(38)42/h5-12,15-28,31-34,53-54H,13-14,29-30H2,1-4H3;5-12,15-28,31-34,55-56H,13-14,29-30H2,1-4H3. The van der Waals surface area contributed by atoms with Gasteiger partial charge in [-0.25, -0.2) is 0 Å². The number of fused-ring (bicyclic) bond motifs is 4. The maximum atomic E-state index is 11.9. The second-order valence-corrected chi connectivity index (χ2v) is 29.5. The predicted octanol–water partition coefficient (Wildman–Crippen LogP) is 26.6. The molecule has 0 atom stereocenters. The number of nitrogens with one attached hydrogen (secondary N) is 2. The number of rotatable bonds is 24. The Labute approximate surface area is 659 Å². The van der Waals surface area contributed by atoms with E-state index < -0.39 is 0 Å². The number of aromatic hydroxyl groups is 2. The summed E-state index contributed by atoms with van der Waals surface area (Å²) < 4.78 is 12.4. The van der Waals surface area contributed by atoms with Crippen LogP contribution in [0.5, 0.6) is 23.0 Å². The van der Waals surface area contributed by atoms with Crippen molar-refractivity contribution in [2.75, 3.05) is 74.9 Å². The Kier molecular flexibility index (Phi) is 22.5. The second-order valence-electron chi connectivity index (χ2n) is 29.5. The third-order valence-corrected chi connectivity index (χ3v) is 21.8. The molecule has 0 aliphatic heterocycles. The Morgan fingerprint density at radius 3 is 0.830 bits per heavy atom. The lowest BCUT2D eigenvalue weighted by Crippen LogP contribution is -2.23. The number of ether oxygens (including phenoxy) is 2. The number of para-hydroxylation sites is 4. The summed E-state index contributed by atoms with van der Waals surface area (Å²) in [6.07, 6.45) is 3.99. The Balaban J connectivity index is 0.000000177. The number of benzene rings is 16. The van der Waals surface area contributed by atoms with E-state index in [9.17, 15) is 10.2 Å². The number of methoxy groups -OCH3 is 2. The van der Waals surface area contributed by atoms with Crippen LogP contribution in [0.25, 0.3) is 132 Å². The Morgan fingerprint density at radius 1 is 0.259 bits per heavy atom. The van der Waals surface area contributed by atoms with E-state index in [2.05, 4.69) is 378 Å². The van der Waals surface area contributed by atoms with Crippen LogP contribution in [0.3, 0.4) is 0 Å². The van der Waals surface area contributed by atoms with Crippen molar-refractivity contribution in [3.63, 3.8) is 0 Å². The predicted molar refractivity (Wildman–Crippen MR) is 477 cm³/mol. The van der Waals surface area contributed by atoms with Gasteiger partial charge in [-0.05, 0) is 214 Å². The van der Waals surface area contributed by atoms with Gasteiger partial charge in [0, 0.05) is 130 Å². The first-order chi connectivity index (χ1) is 54.8. The normalized spacial score (nSPS) is 11.2. The van der Waals surface area contributed by atoms with Crippen LogP contribution in [0.2, 0.25) is 0 Å². The SMILES string of the molecule is COc1c(-c2ccccc2NCCCCNc2ccccc2-c2cc(C)cc(-c3cccc4ccccc34)c2OC)cc(C)cc1-c1cccc2ccccc12.Cc1cc(-c2ccccc2N(C)CCCCN(C)c2ccccc2-c2cc(C)cc(-c3cccc4ccccc34)c2O)c(O)c(-c2cccc3ccccc23)c1. The maximum Gasteiger partial charge on any atom is 0.134 e. The van der Waals surface area contributed by atoms with E-state index in [1.54, 1.807) is 14.2 Å². The zero-order valence-electron chi connectivity index (χ0n) is 65.3. The van der Waals surface area contributed by atoms with Crippen molar-refractivity contribution in [2.24, 2.45) is 0 Å². The van der Waals surface area contributed by atoms with E-state index in [1.807, 2.05) is 0 Å². The third-order valence-electron chi connectivity index (χ3n) is 21.8. The molecular weight excluding hydrogens is 1370 g/mol. The quantitative estimate of drug-likeness (QED) is 0.0445. The molecule has 0 radical (unpaired) electrons. The Morgan fingerprint density at radius 2 is 0.500 bits per heavy atom. The molecule has 0 saturated heterocycles. The first kappa shape index (κ1) is 74.4. The van der Waals surface area contributed by atoms with E-state index in [4.69, 9.17) is 9.47 Å². The summed E-state index contributed by atoms with van der Waals surface area (Å²) in [6.45, 7) is 12.0. The van der Waals surface area contributed by atoms with Crippen molar-refractivity contribution >= 4 is 65.8 Å². The van der Waals surface area contributed by atoms with Gasteiger partial charge in [0.25, 0.3) is 0 Å². The lowest BCUT2D eigenvalue weighted by Gasteiger charge is -2.26. The Bertz CT molecular complexity index is 5710. The smallest absolute Gasteiger partial charge is 0.134 e. The first-order valence-corrected chi connectivity index (χ1v) is 39.1. The summed E-state index contributed by atoms with van der Waals surface area (Å²) in [5, 5.41) is 40.7. The first-order valence-electron chi connectivity index (χ1n) is 39.1. The van der Waals surface area contributed by atoms with E-state index >= 15 is 0 Å². The topological polar surface area (TPSA) is 89.5 Å². The van der Waals surface area contributed by atoms with Crippen molar-refractivity contribution in [3.05, 3.63) is 338 Å². The number of aryl methyl sites for hydroxylation is 4. The largest absolute Gasteiger partial charge is 0.507 e. The molecule has 0 saturated carbocycles. The molecule has 0 bridgehead atoms. The molecule has 0 heterocycles. The van der Waals surface area contributed by atoms with Crippen LogP contribution < -0.4 is 29.9 Å². The van der Waals surface area contributed by atoms with E-state index in [0.717, 1.165) is 197 Å². The fraction of sp³-hybridized carbons (Fsp3) is 0.154. The van der Waals surface area contributed by atoms with Crippen molar-refractivity contribution in [3.8, 4) is 112 Å². The van der Waals surface area contributed by atoms with Crippen LogP contribution in [-0.2, 0) is 0 Å². The fourth-order valence-corrected chi connectivity index (χ4v) is 16.5. The van der Waals surface area contributed by atoms with Gasteiger partial charge in [0.1, 0.15) is 23.0 Å². The number of unbranched alkanes of at least 4 members (excludes halogenated alkanes) is 2. The molecule has 16 aromatic carbocycles. The van der Waals surface area contributed by atoms with Crippen LogP contribution in [-0.4, -0.2) is 64.7 Å². The zero-order chi connectivity index (χ0) is 77.2. The van der Waals surface area contributed by atoms with Crippen LogP contribution in [0, 0.1) is 27.7 Å². The number of phenols is 2. The molecule has 0 spiro atoms. The highest BCUT2D eigenvalue weighted by molar-refractivity contribution is 6.05. The number of nitrogens with zero attached hydrogens (tertiary/aromatic N) is 2. The molecular formula is C104H96N4O4. The van der Waals surface area contributed by atoms with Gasteiger partial charge >= 0.3 is 0 Å². The number of anilines is 4. The van der Waals surface area contributed by atoms with E-state index in [0.29, 0.717) is 11.5 Å². The third kappa shape index (κ3) is 15.6. The van der Waals surface area contributed by atoms with Crippen molar-refractivity contribution in [1.29, 1.82) is 0 Å². The molecule has 0 aliphatic rings.